The normalized spacial score (nSPS) is 14.0. The Bertz CT molecular complexity index is 1670. The van der Waals surface area contributed by atoms with E-state index in [0.717, 1.165) is 48.6 Å². The molecule has 1 fully saturated rings. The maximum atomic E-state index is 13.1. The Labute approximate surface area is 259 Å². The van der Waals surface area contributed by atoms with Crippen LogP contribution in [0.1, 0.15) is 42.3 Å². The molecule has 9 nitrogen and oxygen atoms in total. The van der Waals surface area contributed by atoms with Crippen molar-refractivity contribution in [2.75, 3.05) is 54.9 Å². The Morgan fingerprint density at radius 1 is 0.977 bits per heavy atom. The van der Waals surface area contributed by atoms with Crippen molar-refractivity contribution in [3.63, 3.8) is 0 Å². The van der Waals surface area contributed by atoms with Crippen molar-refractivity contribution in [2.24, 2.45) is 7.05 Å². The van der Waals surface area contributed by atoms with Gasteiger partial charge in [-0.05, 0) is 65.4 Å². The molecule has 1 aliphatic rings. The quantitative estimate of drug-likeness (QED) is 0.259. The monoisotopic (exact) mass is 594 g/mol. The second-order valence-electron chi connectivity index (χ2n) is 12.4. The van der Waals surface area contributed by atoms with Gasteiger partial charge in [0.2, 0.25) is 0 Å². The summed E-state index contributed by atoms with van der Waals surface area (Å²) in [5, 5.41) is 15.5. The summed E-state index contributed by atoms with van der Waals surface area (Å²) >= 11 is 0. The number of aliphatic hydroxyl groups excluding tert-OH is 1. The van der Waals surface area contributed by atoms with Crippen LogP contribution < -0.4 is 21.1 Å². The second-order valence-corrected chi connectivity index (χ2v) is 12.4. The van der Waals surface area contributed by atoms with Crippen LogP contribution in [0.3, 0.4) is 0 Å². The second kappa shape index (κ2) is 13.0. The van der Waals surface area contributed by atoms with Crippen molar-refractivity contribution >= 4 is 28.8 Å². The fraction of sp³-hybridized carbons (Fsp3) is 0.343. The number of hydrogen-bond acceptors (Lipinski definition) is 7. The van der Waals surface area contributed by atoms with E-state index < -0.39 is 0 Å². The molecule has 0 atom stereocenters. The summed E-state index contributed by atoms with van der Waals surface area (Å²) < 4.78 is 1.55. The van der Waals surface area contributed by atoms with E-state index in [0.29, 0.717) is 29.3 Å². The zero-order valence-electron chi connectivity index (χ0n) is 26.2. The number of nitrogens with zero attached hydrogens (tertiary/aromatic N) is 4. The Morgan fingerprint density at radius 3 is 2.34 bits per heavy atom. The van der Waals surface area contributed by atoms with Gasteiger partial charge in [0.1, 0.15) is 11.5 Å². The average molecular weight is 595 g/mol. The van der Waals surface area contributed by atoms with Crippen molar-refractivity contribution in [3.8, 4) is 11.1 Å². The number of rotatable bonds is 8. The van der Waals surface area contributed by atoms with Crippen LogP contribution in [0.15, 0.2) is 77.9 Å². The van der Waals surface area contributed by atoms with Gasteiger partial charge < -0.3 is 25.2 Å². The number of amides is 1. The molecule has 1 aliphatic heterocycles. The van der Waals surface area contributed by atoms with Gasteiger partial charge in [-0.1, -0.05) is 45.0 Å². The van der Waals surface area contributed by atoms with E-state index in [9.17, 15) is 14.7 Å². The molecular formula is C35H42N6O3. The lowest BCUT2D eigenvalue weighted by atomic mass is 9.86. The third-order valence-corrected chi connectivity index (χ3v) is 8.25. The van der Waals surface area contributed by atoms with Gasteiger partial charge in [0.05, 0.1) is 18.5 Å². The van der Waals surface area contributed by atoms with Crippen LogP contribution in [0.25, 0.3) is 11.1 Å². The SMILES string of the molecule is Cc1c(NC(=O)c2ccc(C(C)(C)C)cc2)cccc1-c1cc(Nc2ccc(N3CCN(CCO)CC3)cn2)c(=O)n(C)c1. The minimum atomic E-state index is -0.171. The molecule has 0 aliphatic carbocycles. The lowest BCUT2D eigenvalue weighted by molar-refractivity contribution is 0.102. The molecule has 2 aromatic heterocycles. The van der Waals surface area contributed by atoms with Crippen molar-refractivity contribution in [1.29, 1.82) is 0 Å². The van der Waals surface area contributed by atoms with Gasteiger partial charge in [0.15, 0.2) is 0 Å². The molecule has 230 valence electrons. The van der Waals surface area contributed by atoms with Gasteiger partial charge in [-0.15, -0.1) is 0 Å². The minimum Gasteiger partial charge on any atom is -0.395 e. The van der Waals surface area contributed by atoms with Crippen LogP contribution in [0.4, 0.5) is 22.9 Å². The predicted molar refractivity (Wildman–Crippen MR) is 178 cm³/mol. The number of hydrogen-bond donors (Lipinski definition) is 3. The summed E-state index contributed by atoms with van der Waals surface area (Å²) in [6, 6.07) is 19.2. The molecule has 0 spiro atoms. The smallest absolute Gasteiger partial charge is 0.274 e. The molecule has 0 radical (unpaired) electrons. The minimum absolute atomic E-state index is 0.0143. The topological polar surface area (TPSA) is 103 Å². The highest BCUT2D eigenvalue weighted by atomic mass is 16.3. The number of aryl methyl sites for hydroxylation is 1. The standard InChI is InChI=1S/C35H42N6O3/c1-24-29(7-6-8-30(24)38-33(43)25-9-11-27(12-10-25)35(2,3)4)26-21-31(34(44)39(5)23-26)37-32-14-13-28(22-36-32)41-17-15-40(16-18-41)19-20-42/h6-14,21-23,42H,15-20H2,1-5H3,(H,36,37)(H,38,43). The highest BCUT2D eigenvalue weighted by molar-refractivity contribution is 6.05. The van der Waals surface area contributed by atoms with E-state index in [4.69, 9.17) is 0 Å². The maximum absolute atomic E-state index is 13.1. The number of carbonyl (C=O) groups excluding carboxylic acids is 1. The highest BCUT2D eigenvalue weighted by Gasteiger charge is 2.18. The van der Waals surface area contributed by atoms with Crippen LogP contribution in [-0.2, 0) is 12.5 Å². The highest BCUT2D eigenvalue weighted by Crippen LogP contribution is 2.30. The molecule has 2 aromatic carbocycles. The van der Waals surface area contributed by atoms with Crippen LogP contribution in [0, 0.1) is 6.92 Å². The van der Waals surface area contributed by atoms with E-state index in [1.807, 2.05) is 73.8 Å². The number of carbonyl (C=O) groups is 1. The van der Waals surface area contributed by atoms with Gasteiger partial charge in [-0.3, -0.25) is 14.5 Å². The van der Waals surface area contributed by atoms with Gasteiger partial charge >= 0.3 is 0 Å². The fourth-order valence-electron chi connectivity index (χ4n) is 5.50. The molecule has 9 heteroatoms. The van der Waals surface area contributed by atoms with Crippen molar-refractivity contribution in [1.82, 2.24) is 14.5 Å². The maximum Gasteiger partial charge on any atom is 0.274 e. The lowest BCUT2D eigenvalue weighted by Gasteiger charge is -2.35. The average Bonchev–Trinajstić information content (AvgIpc) is 3.01. The van der Waals surface area contributed by atoms with E-state index in [1.54, 1.807) is 17.8 Å². The number of pyridine rings is 2. The van der Waals surface area contributed by atoms with Crippen molar-refractivity contribution in [2.45, 2.75) is 33.1 Å². The predicted octanol–water partition coefficient (Wildman–Crippen LogP) is 5.16. The third-order valence-electron chi connectivity index (χ3n) is 8.25. The number of benzene rings is 2. The summed E-state index contributed by atoms with van der Waals surface area (Å²) in [7, 11) is 1.73. The Balaban J connectivity index is 1.32. The molecule has 0 bridgehead atoms. The number of β-amino-alcohol motifs (C(OH)–C–C–N with tert-alkyl or cyclic N) is 1. The number of aromatic nitrogens is 2. The largest absolute Gasteiger partial charge is 0.395 e. The van der Waals surface area contributed by atoms with Crippen molar-refractivity contribution in [3.05, 3.63) is 100 Å². The van der Waals surface area contributed by atoms with Gasteiger partial charge in [-0.2, -0.15) is 0 Å². The zero-order valence-corrected chi connectivity index (χ0v) is 26.2. The third kappa shape index (κ3) is 7.01. The Hall–Kier alpha value is -4.47. The number of aliphatic hydroxyl groups is 1. The van der Waals surface area contributed by atoms with E-state index in [1.165, 1.54) is 5.56 Å². The number of anilines is 4. The summed E-state index contributed by atoms with van der Waals surface area (Å²) in [5.74, 6) is 0.409. The van der Waals surface area contributed by atoms with Crippen LogP contribution in [-0.4, -0.2) is 64.8 Å². The first-order chi connectivity index (χ1) is 21.0. The van der Waals surface area contributed by atoms with Gasteiger partial charge in [0, 0.05) is 62.8 Å². The molecule has 0 saturated carbocycles. The molecule has 4 aromatic rings. The Morgan fingerprint density at radius 2 is 1.70 bits per heavy atom. The van der Waals surface area contributed by atoms with E-state index in [2.05, 4.69) is 46.2 Å². The number of piperazine rings is 1. The molecule has 5 rings (SSSR count). The van der Waals surface area contributed by atoms with Crippen molar-refractivity contribution < 1.29 is 9.90 Å². The van der Waals surface area contributed by atoms with Crippen LogP contribution in [0.2, 0.25) is 0 Å². The fourth-order valence-corrected chi connectivity index (χ4v) is 5.50. The number of nitrogens with one attached hydrogen (secondary N) is 2. The molecule has 44 heavy (non-hydrogen) atoms. The van der Waals surface area contributed by atoms with Gasteiger partial charge in [-0.25, -0.2) is 4.98 Å². The lowest BCUT2D eigenvalue weighted by Crippen LogP contribution is -2.47. The van der Waals surface area contributed by atoms with E-state index in [-0.39, 0.29) is 23.5 Å². The first kappa shape index (κ1) is 31.0. The van der Waals surface area contributed by atoms with E-state index >= 15 is 0 Å². The summed E-state index contributed by atoms with van der Waals surface area (Å²) in [6.07, 6.45) is 3.63. The zero-order chi connectivity index (χ0) is 31.4. The molecule has 1 amide bonds. The molecule has 3 N–H and O–H groups in total. The van der Waals surface area contributed by atoms with Gasteiger partial charge in [0.25, 0.3) is 11.5 Å². The summed E-state index contributed by atoms with van der Waals surface area (Å²) in [5.41, 5.74) is 6.42. The van der Waals surface area contributed by atoms with Crippen LogP contribution >= 0.6 is 0 Å². The first-order valence-corrected chi connectivity index (χ1v) is 15.1. The van der Waals surface area contributed by atoms with Crippen LogP contribution in [0.5, 0.6) is 0 Å². The molecule has 3 heterocycles. The first-order valence-electron chi connectivity index (χ1n) is 15.1. The molecule has 1 saturated heterocycles. The summed E-state index contributed by atoms with van der Waals surface area (Å²) in [6.45, 7) is 12.8. The summed E-state index contributed by atoms with van der Waals surface area (Å²) in [4.78, 5) is 35.3. The Kier molecular flexibility index (Phi) is 9.17. The molecular weight excluding hydrogens is 552 g/mol. The molecule has 0 unspecified atom stereocenters.